The zero-order valence-electron chi connectivity index (χ0n) is 9.94. The molecule has 17 heavy (non-hydrogen) atoms. The minimum atomic E-state index is -3.33. The molecule has 0 atom stereocenters. The second-order valence-electron chi connectivity index (χ2n) is 4.40. The monoisotopic (exact) mass is 254 g/mol. The highest BCUT2D eigenvalue weighted by Crippen LogP contribution is 2.31. The SMILES string of the molecule is CNc1ccc(S(=O)(=O)NCCC2CC2)cc1. The molecule has 0 heterocycles. The quantitative estimate of drug-likeness (QED) is 0.814. The summed E-state index contributed by atoms with van der Waals surface area (Å²) < 4.78 is 26.4. The van der Waals surface area contributed by atoms with Crippen molar-refractivity contribution in [3.8, 4) is 0 Å². The van der Waals surface area contributed by atoms with Gasteiger partial charge in [-0.05, 0) is 36.6 Å². The van der Waals surface area contributed by atoms with Gasteiger partial charge in [0.1, 0.15) is 0 Å². The van der Waals surface area contributed by atoms with Gasteiger partial charge in [-0.15, -0.1) is 0 Å². The third-order valence-electron chi connectivity index (χ3n) is 2.99. The van der Waals surface area contributed by atoms with Gasteiger partial charge in [-0.3, -0.25) is 0 Å². The Bertz CT molecular complexity index is 464. The maximum absolute atomic E-state index is 11.9. The summed E-state index contributed by atoms with van der Waals surface area (Å²) in [5.74, 6) is 0.740. The molecule has 0 bridgehead atoms. The molecule has 0 aromatic heterocycles. The Morgan fingerprint density at radius 1 is 1.24 bits per heavy atom. The van der Waals surface area contributed by atoms with Crippen molar-refractivity contribution in [1.29, 1.82) is 0 Å². The summed E-state index contributed by atoms with van der Waals surface area (Å²) in [7, 11) is -1.53. The zero-order chi connectivity index (χ0) is 12.3. The lowest BCUT2D eigenvalue weighted by Crippen LogP contribution is -2.25. The molecule has 0 saturated heterocycles. The van der Waals surface area contributed by atoms with E-state index >= 15 is 0 Å². The highest BCUT2D eigenvalue weighted by Gasteiger charge is 2.21. The molecule has 5 heteroatoms. The molecule has 2 N–H and O–H groups in total. The number of rotatable bonds is 6. The first-order valence-electron chi connectivity index (χ1n) is 5.89. The van der Waals surface area contributed by atoms with E-state index in [1.165, 1.54) is 12.8 Å². The zero-order valence-corrected chi connectivity index (χ0v) is 10.8. The Morgan fingerprint density at radius 3 is 2.41 bits per heavy atom. The maximum Gasteiger partial charge on any atom is 0.240 e. The summed E-state index contributed by atoms with van der Waals surface area (Å²) in [6, 6.07) is 6.75. The molecule has 1 aliphatic carbocycles. The van der Waals surface area contributed by atoms with Gasteiger partial charge in [0.05, 0.1) is 4.90 Å². The van der Waals surface area contributed by atoms with E-state index in [1.807, 2.05) is 0 Å². The number of nitrogens with one attached hydrogen (secondary N) is 2. The average molecular weight is 254 g/mol. The predicted molar refractivity (Wildman–Crippen MR) is 68.5 cm³/mol. The first-order valence-corrected chi connectivity index (χ1v) is 7.37. The molecule has 0 aliphatic heterocycles. The normalized spacial score (nSPS) is 15.8. The van der Waals surface area contributed by atoms with Crippen LogP contribution in [0.2, 0.25) is 0 Å². The maximum atomic E-state index is 11.9. The van der Waals surface area contributed by atoms with Gasteiger partial charge in [0, 0.05) is 19.3 Å². The lowest BCUT2D eigenvalue weighted by Gasteiger charge is -2.07. The van der Waals surface area contributed by atoms with E-state index in [1.54, 1.807) is 31.3 Å². The summed E-state index contributed by atoms with van der Waals surface area (Å²) in [4.78, 5) is 0.326. The first-order chi connectivity index (χ1) is 8.12. The van der Waals surface area contributed by atoms with E-state index in [-0.39, 0.29) is 0 Å². The van der Waals surface area contributed by atoms with Crippen molar-refractivity contribution in [2.24, 2.45) is 5.92 Å². The van der Waals surface area contributed by atoms with Crippen LogP contribution >= 0.6 is 0 Å². The lowest BCUT2D eigenvalue weighted by atomic mass is 10.3. The van der Waals surface area contributed by atoms with Crippen molar-refractivity contribution in [3.05, 3.63) is 24.3 Å². The Balaban J connectivity index is 1.96. The standard InChI is InChI=1S/C12H18N2O2S/c1-13-11-4-6-12(7-5-11)17(15,16)14-9-8-10-2-3-10/h4-7,10,13-14H,2-3,8-9H2,1H3. The van der Waals surface area contributed by atoms with Gasteiger partial charge < -0.3 is 5.32 Å². The fourth-order valence-corrected chi connectivity index (χ4v) is 2.74. The van der Waals surface area contributed by atoms with Crippen LogP contribution in [-0.2, 0) is 10.0 Å². The molecule has 0 spiro atoms. The van der Waals surface area contributed by atoms with Crippen LogP contribution < -0.4 is 10.0 Å². The minimum absolute atomic E-state index is 0.326. The van der Waals surface area contributed by atoms with Crippen molar-refractivity contribution < 1.29 is 8.42 Å². The van der Waals surface area contributed by atoms with E-state index in [0.717, 1.165) is 18.0 Å². The van der Waals surface area contributed by atoms with Gasteiger partial charge in [0.25, 0.3) is 0 Å². The summed E-state index contributed by atoms with van der Waals surface area (Å²) in [5.41, 5.74) is 0.905. The van der Waals surface area contributed by atoms with Gasteiger partial charge >= 0.3 is 0 Å². The van der Waals surface area contributed by atoms with Gasteiger partial charge in [0.15, 0.2) is 0 Å². The fourth-order valence-electron chi connectivity index (χ4n) is 1.69. The van der Waals surface area contributed by atoms with Crippen LogP contribution in [0.25, 0.3) is 0 Å². The van der Waals surface area contributed by atoms with Crippen molar-refractivity contribution in [1.82, 2.24) is 4.72 Å². The molecule has 94 valence electrons. The van der Waals surface area contributed by atoms with Gasteiger partial charge in [-0.25, -0.2) is 13.1 Å². The number of anilines is 1. The number of benzene rings is 1. The van der Waals surface area contributed by atoms with Crippen molar-refractivity contribution in [2.45, 2.75) is 24.2 Å². The summed E-state index contributed by atoms with van der Waals surface area (Å²) in [5, 5.41) is 2.96. The fraction of sp³-hybridized carbons (Fsp3) is 0.500. The summed E-state index contributed by atoms with van der Waals surface area (Å²) in [6.45, 7) is 0.542. The van der Waals surface area contributed by atoms with Crippen LogP contribution in [0, 0.1) is 5.92 Å². The molecule has 1 aromatic rings. The largest absolute Gasteiger partial charge is 0.388 e. The molecular weight excluding hydrogens is 236 g/mol. The lowest BCUT2D eigenvalue weighted by molar-refractivity contribution is 0.575. The summed E-state index contributed by atoms with van der Waals surface area (Å²) in [6.07, 6.45) is 3.45. The highest BCUT2D eigenvalue weighted by molar-refractivity contribution is 7.89. The molecule has 2 rings (SSSR count). The number of sulfonamides is 1. The van der Waals surface area contributed by atoms with E-state index in [4.69, 9.17) is 0 Å². The molecule has 0 amide bonds. The van der Waals surface area contributed by atoms with Gasteiger partial charge in [-0.2, -0.15) is 0 Å². The molecule has 1 saturated carbocycles. The average Bonchev–Trinajstić information content (AvgIpc) is 3.13. The van der Waals surface area contributed by atoms with Gasteiger partial charge in [0.2, 0.25) is 10.0 Å². The van der Waals surface area contributed by atoms with Crippen LogP contribution in [0.5, 0.6) is 0 Å². The Morgan fingerprint density at radius 2 is 1.88 bits per heavy atom. The third-order valence-corrected chi connectivity index (χ3v) is 4.47. The topological polar surface area (TPSA) is 58.2 Å². The van der Waals surface area contributed by atoms with Crippen LogP contribution in [-0.4, -0.2) is 22.0 Å². The van der Waals surface area contributed by atoms with Crippen molar-refractivity contribution in [2.75, 3.05) is 18.9 Å². The second kappa shape index (κ2) is 5.06. The van der Waals surface area contributed by atoms with Crippen LogP contribution in [0.1, 0.15) is 19.3 Å². The molecule has 1 aliphatic rings. The van der Waals surface area contributed by atoms with Crippen molar-refractivity contribution in [3.63, 3.8) is 0 Å². The van der Waals surface area contributed by atoms with E-state index < -0.39 is 10.0 Å². The van der Waals surface area contributed by atoms with Crippen LogP contribution in [0.4, 0.5) is 5.69 Å². The molecule has 1 fully saturated rings. The first kappa shape index (κ1) is 12.4. The highest BCUT2D eigenvalue weighted by atomic mass is 32.2. The summed E-state index contributed by atoms with van der Waals surface area (Å²) >= 11 is 0. The Labute approximate surface area is 102 Å². The minimum Gasteiger partial charge on any atom is -0.388 e. The molecule has 4 nitrogen and oxygen atoms in total. The molecule has 0 unspecified atom stereocenters. The molecule has 0 radical (unpaired) electrons. The van der Waals surface area contributed by atoms with E-state index in [9.17, 15) is 8.42 Å². The van der Waals surface area contributed by atoms with Gasteiger partial charge in [-0.1, -0.05) is 12.8 Å². The van der Waals surface area contributed by atoms with Crippen molar-refractivity contribution >= 4 is 15.7 Å². The van der Waals surface area contributed by atoms with E-state index in [2.05, 4.69) is 10.0 Å². The number of hydrogen-bond donors (Lipinski definition) is 2. The Kier molecular flexibility index (Phi) is 3.69. The van der Waals surface area contributed by atoms with E-state index in [0.29, 0.717) is 11.4 Å². The molecule has 1 aromatic carbocycles. The van der Waals surface area contributed by atoms with Crippen LogP contribution in [0.15, 0.2) is 29.2 Å². The predicted octanol–water partition coefficient (Wildman–Crippen LogP) is 1.81. The smallest absolute Gasteiger partial charge is 0.240 e. The molecular formula is C12H18N2O2S. The van der Waals surface area contributed by atoms with Crippen LogP contribution in [0.3, 0.4) is 0 Å². The number of hydrogen-bond acceptors (Lipinski definition) is 3. The second-order valence-corrected chi connectivity index (χ2v) is 6.17. The Hall–Kier alpha value is -1.07. The third kappa shape index (κ3) is 3.44.